The van der Waals surface area contributed by atoms with Crippen LogP contribution in [0.15, 0.2) is 30.6 Å². The van der Waals surface area contributed by atoms with Crippen LogP contribution in [0.5, 0.6) is 0 Å². The van der Waals surface area contributed by atoms with Crippen LogP contribution in [0.2, 0.25) is 0 Å². The van der Waals surface area contributed by atoms with E-state index in [9.17, 15) is 9.18 Å². The van der Waals surface area contributed by atoms with E-state index in [1.165, 1.54) is 6.07 Å². The Balaban J connectivity index is 1.65. The second kappa shape index (κ2) is 7.13. The van der Waals surface area contributed by atoms with Crippen molar-refractivity contribution in [2.75, 3.05) is 6.54 Å². The van der Waals surface area contributed by atoms with Crippen molar-refractivity contribution in [3.63, 3.8) is 0 Å². The average Bonchev–Trinajstić information content (AvgIpc) is 3.21. The Kier molecular flexibility index (Phi) is 4.94. The zero-order chi connectivity index (χ0) is 17.1. The number of hydrogen-bond acceptors (Lipinski definition) is 3. The van der Waals surface area contributed by atoms with Crippen molar-refractivity contribution in [2.24, 2.45) is 17.6 Å². The van der Waals surface area contributed by atoms with Crippen molar-refractivity contribution in [3.8, 4) is 5.69 Å². The van der Waals surface area contributed by atoms with Gasteiger partial charge in [0.1, 0.15) is 11.6 Å². The summed E-state index contributed by atoms with van der Waals surface area (Å²) in [4.78, 5) is 16.4. The van der Waals surface area contributed by atoms with Gasteiger partial charge in [0.25, 0.3) is 0 Å². The van der Waals surface area contributed by atoms with Crippen molar-refractivity contribution >= 4 is 5.91 Å². The molecular formula is C18H23FN4O. The summed E-state index contributed by atoms with van der Waals surface area (Å²) >= 11 is 0. The number of nitrogens with two attached hydrogens (primary N) is 1. The summed E-state index contributed by atoms with van der Waals surface area (Å²) in [5, 5.41) is 2.92. The van der Waals surface area contributed by atoms with E-state index in [4.69, 9.17) is 5.73 Å². The highest BCUT2D eigenvalue weighted by Gasteiger charge is 2.31. The van der Waals surface area contributed by atoms with Crippen molar-refractivity contribution < 1.29 is 9.18 Å². The molecular weight excluding hydrogens is 307 g/mol. The van der Waals surface area contributed by atoms with Gasteiger partial charge in [-0.25, -0.2) is 9.37 Å². The monoisotopic (exact) mass is 330 g/mol. The lowest BCUT2D eigenvalue weighted by molar-refractivity contribution is -0.126. The van der Waals surface area contributed by atoms with E-state index in [1.807, 2.05) is 13.0 Å². The number of carbonyl (C=O) groups excluding carboxylic acids is 1. The second-order valence-electron chi connectivity index (χ2n) is 6.38. The molecule has 1 aromatic carbocycles. The molecule has 1 amide bonds. The van der Waals surface area contributed by atoms with E-state index in [-0.39, 0.29) is 23.6 Å². The molecule has 2 aromatic rings. The van der Waals surface area contributed by atoms with Gasteiger partial charge in [-0.2, -0.15) is 0 Å². The number of nitrogens with one attached hydrogen (secondary N) is 1. The molecule has 0 aliphatic heterocycles. The Labute approximate surface area is 141 Å². The van der Waals surface area contributed by atoms with E-state index >= 15 is 0 Å². The fourth-order valence-electron chi connectivity index (χ4n) is 3.47. The van der Waals surface area contributed by atoms with Gasteiger partial charge in [-0.15, -0.1) is 0 Å². The largest absolute Gasteiger partial charge is 0.352 e. The lowest BCUT2D eigenvalue weighted by atomic mass is 9.95. The highest BCUT2D eigenvalue weighted by molar-refractivity contribution is 5.79. The molecule has 0 saturated heterocycles. The van der Waals surface area contributed by atoms with Gasteiger partial charge >= 0.3 is 0 Å². The van der Waals surface area contributed by atoms with Gasteiger partial charge in [0.2, 0.25) is 5.91 Å². The Hall–Kier alpha value is -2.21. The summed E-state index contributed by atoms with van der Waals surface area (Å²) in [6.45, 7) is 2.70. The van der Waals surface area contributed by atoms with Crippen molar-refractivity contribution in [2.45, 2.75) is 32.7 Å². The van der Waals surface area contributed by atoms with Crippen LogP contribution >= 0.6 is 0 Å². The molecule has 0 unspecified atom stereocenters. The second-order valence-corrected chi connectivity index (χ2v) is 6.38. The van der Waals surface area contributed by atoms with E-state index in [0.29, 0.717) is 18.8 Å². The molecule has 1 aromatic heterocycles. The SMILES string of the molecule is Cc1nccn1-c1ccc(CNC(=O)[C@@H]2CCC[C@@H]2CN)cc1F. The number of aromatic nitrogens is 2. The lowest BCUT2D eigenvalue weighted by Crippen LogP contribution is -2.34. The van der Waals surface area contributed by atoms with Gasteiger partial charge in [0.05, 0.1) is 5.69 Å². The summed E-state index contributed by atoms with van der Waals surface area (Å²) in [5.74, 6) is 0.687. The first-order valence-corrected chi connectivity index (χ1v) is 8.36. The summed E-state index contributed by atoms with van der Waals surface area (Å²) in [7, 11) is 0. The number of rotatable bonds is 5. The summed E-state index contributed by atoms with van der Waals surface area (Å²) in [5.41, 5.74) is 6.93. The van der Waals surface area contributed by atoms with Gasteiger partial charge in [0.15, 0.2) is 0 Å². The first-order chi connectivity index (χ1) is 11.6. The average molecular weight is 330 g/mol. The van der Waals surface area contributed by atoms with Crippen LogP contribution < -0.4 is 11.1 Å². The third-order valence-corrected chi connectivity index (χ3v) is 4.86. The highest BCUT2D eigenvalue weighted by atomic mass is 19.1. The van der Waals surface area contributed by atoms with Crippen LogP contribution in [0.25, 0.3) is 5.69 Å². The normalized spacial score (nSPS) is 20.3. The number of benzene rings is 1. The minimum absolute atomic E-state index is 0.00674. The maximum absolute atomic E-state index is 14.4. The zero-order valence-electron chi connectivity index (χ0n) is 13.8. The summed E-state index contributed by atoms with van der Waals surface area (Å²) in [6.07, 6.45) is 6.32. The quantitative estimate of drug-likeness (QED) is 0.883. The smallest absolute Gasteiger partial charge is 0.223 e. The molecule has 1 aliphatic rings. The molecule has 5 nitrogen and oxygen atoms in total. The van der Waals surface area contributed by atoms with Crippen LogP contribution in [-0.4, -0.2) is 22.0 Å². The van der Waals surface area contributed by atoms with Crippen LogP contribution in [-0.2, 0) is 11.3 Å². The molecule has 3 N–H and O–H groups in total. The van der Waals surface area contributed by atoms with Crippen LogP contribution in [0.4, 0.5) is 4.39 Å². The molecule has 0 spiro atoms. The number of hydrogen-bond donors (Lipinski definition) is 2. The first-order valence-electron chi connectivity index (χ1n) is 8.36. The molecule has 128 valence electrons. The number of imidazole rings is 1. The Bertz CT molecular complexity index is 728. The minimum atomic E-state index is -0.330. The Morgan fingerprint density at radius 1 is 1.46 bits per heavy atom. The third kappa shape index (κ3) is 3.33. The highest BCUT2D eigenvalue weighted by Crippen LogP contribution is 2.31. The number of aryl methyl sites for hydroxylation is 1. The molecule has 1 aliphatic carbocycles. The van der Waals surface area contributed by atoms with Crippen molar-refractivity contribution in [1.82, 2.24) is 14.9 Å². The number of amides is 1. The van der Waals surface area contributed by atoms with E-state index < -0.39 is 0 Å². The van der Waals surface area contributed by atoms with Crippen LogP contribution in [0, 0.1) is 24.6 Å². The Morgan fingerprint density at radius 2 is 2.29 bits per heavy atom. The van der Waals surface area contributed by atoms with Gasteiger partial charge in [-0.3, -0.25) is 4.79 Å². The summed E-state index contributed by atoms with van der Waals surface area (Å²) < 4.78 is 16.1. The predicted molar refractivity (Wildman–Crippen MR) is 90.0 cm³/mol. The third-order valence-electron chi connectivity index (χ3n) is 4.86. The van der Waals surface area contributed by atoms with E-state index in [0.717, 1.165) is 30.7 Å². The molecule has 1 fully saturated rings. The summed E-state index contributed by atoms with van der Waals surface area (Å²) in [6, 6.07) is 5.00. The maximum Gasteiger partial charge on any atom is 0.223 e. The minimum Gasteiger partial charge on any atom is -0.352 e. The van der Waals surface area contributed by atoms with E-state index in [1.54, 1.807) is 23.0 Å². The van der Waals surface area contributed by atoms with Crippen molar-refractivity contribution in [1.29, 1.82) is 0 Å². The number of halogens is 1. The van der Waals surface area contributed by atoms with Crippen molar-refractivity contribution in [3.05, 3.63) is 47.8 Å². The fourth-order valence-corrected chi connectivity index (χ4v) is 3.47. The topological polar surface area (TPSA) is 72.9 Å². The molecule has 2 atom stereocenters. The fraction of sp³-hybridized carbons (Fsp3) is 0.444. The van der Waals surface area contributed by atoms with E-state index in [2.05, 4.69) is 10.3 Å². The molecule has 1 heterocycles. The Morgan fingerprint density at radius 3 is 2.96 bits per heavy atom. The lowest BCUT2D eigenvalue weighted by Gasteiger charge is -2.17. The molecule has 24 heavy (non-hydrogen) atoms. The number of nitrogens with zero attached hydrogens (tertiary/aromatic N) is 2. The molecule has 6 heteroatoms. The standard InChI is InChI=1S/C18H23FN4O/c1-12-21-7-8-23(12)17-6-5-13(9-16(17)19)11-22-18(24)15-4-2-3-14(15)10-20/h5-9,14-15H,2-4,10-11,20H2,1H3,(H,22,24)/t14-,15-/m1/s1. The number of carbonyl (C=O) groups is 1. The predicted octanol–water partition coefficient (Wildman–Crippen LogP) is 2.31. The molecule has 3 rings (SSSR count). The molecule has 0 radical (unpaired) electrons. The first kappa shape index (κ1) is 16.6. The molecule has 0 bridgehead atoms. The van der Waals surface area contributed by atoms with Gasteiger partial charge in [0, 0.05) is 24.9 Å². The van der Waals surface area contributed by atoms with Gasteiger partial charge < -0.3 is 15.6 Å². The maximum atomic E-state index is 14.4. The van der Waals surface area contributed by atoms with Crippen LogP contribution in [0.1, 0.15) is 30.7 Å². The van der Waals surface area contributed by atoms with Gasteiger partial charge in [-0.1, -0.05) is 12.5 Å². The van der Waals surface area contributed by atoms with Crippen LogP contribution in [0.3, 0.4) is 0 Å². The van der Waals surface area contributed by atoms with Gasteiger partial charge in [-0.05, 0) is 49.9 Å². The zero-order valence-corrected chi connectivity index (χ0v) is 13.8. The molecule has 1 saturated carbocycles.